The van der Waals surface area contributed by atoms with Gasteiger partial charge >= 0.3 is 6.03 Å². The number of halogens is 1. The minimum absolute atomic E-state index is 0.0124. The topological polar surface area (TPSA) is 87.7 Å². The van der Waals surface area contributed by atoms with Crippen molar-refractivity contribution in [1.82, 2.24) is 10.2 Å². The summed E-state index contributed by atoms with van der Waals surface area (Å²) in [4.78, 5) is 38.1. The van der Waals surface area contributed by atoms with Crippen LogP contribution in [-0.2, 0) is 9.59 Å². The van der Waals surface area contributed by atoms with E-state index < -0.39 is 30.2 Å². The molecule has 4 rings (SSSR count). The van der Waals surface area contributed by atoms with Crippen LogP contribution in [0.25, 0.3) is 16.8 Å². The smallest absolute Gasteiger partial charge is 0.329 e. The van der Waals surface area contributed by atoms with Gasteiger partial charge in [-0.1, -0.05) is 42.5 Å². The first-order valence-corrected chi connectivity index (χ1v) is 9.42. The molecule has 3 aromatic rings. The van der Waals surface area contributed by atoms with Gasteiger partial charge in [-0.25, -0.2) is 14.1 Å². The van der Waals surface area contributed by atoms with E-state index in [0.29, 0.717) is 11.3 Å². The number of nitrogens with zero attached hydrogens (tertiary/aromatic N) is 1. The van der Waals surface area contributed by atoms with Crippen LogP contribution in [0, 0.1) is 5.82 Å². The molecule has 1 saturated heterocycles. The maximum absolute atomic E-state index is 13.7. The van der Waals surface area contributed by atoms with Gasteiger partial charge in [0.25, 0.3) is 5.91 Å². The van der Waals surface area contributed by atoms with Gasteiger partial charge in [0.05, 0.1) is 12.8 Å². The molecule has 31 heavy (non-hydrogen) atoms. The minimum atomic E-state index is -0.737. The van der Waals surface area contributed by atoms with Crippen molar-refractivity contribution in [3.63, 3.8) is 0 Å². The van der Waals surface area contributed by atoms with E-state index in [-0.39, 0.29) is 11.4 Å². The van der Waals surface area contributed by atoms with Crippen LogP contribution in [0.5, 0.6) is 5.75 Å². The molecule has 4 amide bonds. The lowest BCUT2D eigenvalue weighted by molar-refractivity contribution is -0.127. The van der Waals surface area contributed by atoms with Crippen LogP contribution < -0.4 is 15.4 Å². The lowest BCUT2D eigenvalue weighted by Gasteiger charge is -2.12. The monoisotopic (exact) mass is 419 g/mol. The van der Waals surface area contributed by atoms with E-state index in [1.807, 2.05) is 30.3 Å². The summed E-state index contributed by atoms with van der Waals surface area (Å²) in [5.74, 6) is -1.44. The van der Waals surface area contributed by atoms with Crippen LogP contribution >= 0.6 is 0 Å². The number of hydrogen-bond acceptors (Lipinski definition) is 4. The number of fused-ring (bicyclic) bond motifs is 1. The Labute approximate surface area is 177 Å². The zero-order chi connectivity index (χ0) is 22.0. The van der Waals surface area contributed by atoms with E-state index in [1.54, 1.807) is 12.1 Å². The molecule has 3 aromatic carbocycles. The van der Waals surface area contributed by atoms with Crippen LogP contribution in [0.2, 0.25) is 0 Å². The summed E-state index contributed by atoms with van der Waals surface area (Å²) in [5, 5.41) is 6.62. The Hall–Kier alpha value is -4.20. The normalized spacial score (nSPS) is 14.8. The molecule has 0 unspecified atom stereocenters. The highest BCUT2D eigenvalue weighted by atomic mass is 19.1. The van der Waals surface area contributed by atoms with E-state index in [1.165, 1.54) is 31.4 Å². The molecular weight excluding hydrogens is 401 g/mol. The molecule has 1 heterocycles. The number of imide groups is 1. The van der Waals surface area contributed by atoms with Crippen LogP contribution in [0.15, 0.2) is 66.4 Å². The second kappa shape index (κ2) is 8.27. The van der Waals surface area contributed by atoms with Crippen molar-refractivity contribution in [3.05, 3.63) is 77.7 Å². The van der Waals surface area contributed by atoms with Gasteiger partial charge in [-0.3, -0.25) is 9.59 Å². The molecule has 0 aliphatic carbocycles. The second-order valence-electron chi connectivity index (χ2n) is 6.81. The van der Waals surface area contributed by atoms with Gasteiger partial charge in [0.2, 0.25) is 5.91 Å². The number of benzene rings is 3. The Morgan fingerprint density at radius 1 is 1.10 bits per heavy atom. The van der Waals surface area contributed by atoms with Crippen LogP contribution in [0.4, 0.5) is 14.9 Å². The van der Waals surface area contributed by atoms with Crippen molar-refractivity contribution in [2.45, 2.75) is 0 Å². The van der Waals surface area contributed by atoms with E-state index in [2.05, 4.69) is 10.6 Å². The Morgan fingerprint density at radius 3 is 2.61 bits per heavy atom. The number of para-hydroxylation sites is 1. The first-order valence-electron chi connectivity index (χ1n) is 9.42. The maximum atomic E-state index is 13.7. The minimum Gasteiger partial charge on any atom is -0.496 e. The SMILES string of the molecule is COc1ccc2ccccc2c1/C=C1\NC(=O)N(CC(=O)Nc2ccccc2F)C1=O. The fourth-order valence-corrected chi connectivity index (χ4v) is 3.36. The number of rotatable bonds is 5. The number of nitrogens with one attached hydrogen (secondary N) is 2. The molecule has 8 heteroatoms. The number of carbonyl (C=O) groups is 3. The molecular formula is C23H18FN3O4. The Balaban J connectivity index is 1.59. The number of methoxy groups -OCH3 is 1. The zero-order valence-electron chi connectivity index (χ0n) is 16.5. The van der Waals surface area contributed by atoms with Gasteiger partial charge < -0.3 is 15.4 Å². The molecule has 0 bridgehead atoms. The summed E-state index contributed by atoms with van der Waals surface area (Å²) in [5.41, 5.74) is 0.607. The van der Waals surface area contributed by atoms with Crippen LogP contribution in [-0.4, -0.2) is 36.4 Å². The highest BCUT2D eigenvalue weighted by molar-refractivity contribution is 6.16. The van der Waals surface area contributed by atoms with E-state index >= 15 is 0 Å². The summed E-state index contributed by atoms with van der Waals surface area (Å²) >= 11 is 0. The molecule has 156 valence electrons. The summed E-state index contributed by atoms with van der Waals surface area (Å²) < 4.78 is 19.1. The highest BCUT2D eigenvalue weighted by Crippen LogP contribution is 2.30. The second-order valence-corrected chi connectivity index (χ2v) is 6.81. The summed E-state index contributed by atoms with van der Waals surface area (Å²) in [6.45, 7) is -0.553. The molecule has 0 radical (unpaired) electrons. The van der Waals surface area contributed by atoms with Gasteiger partial charge in [-0.05, 0) is 35.0 Å². The third kappa shape index (κ3) is 3.95. The number of amides is 4. The van der Waals surface area contributed by atoms with Crippen molar-refractivity contribution < 1.29 is 23.5 Å². The largest absolute Gasteiger partial charge is 0.496 e. The number of ether oxygens (including phenoxy) is 1. The molecule has 0 aromatic heterocycles. The van der Waals surface area contributed by atoms with Crippen LogP contribution in [0.3, 0.4) is 0 Å². The lowest BCUT2D eigenvalue weighted by Crippen LogP contribution is -2.38. The summed E-state index contributed by atoms with van der Waals surface area (Å²) in [6, 6.07) is 16.1. The number of carbonyl (C=O) groups excluding carboxylic acids is 3. The average Bonchev–Trinajstić information content (AvgIpc) is 3.03. The molecule has 0 atom stereocenters. The average molecular weight is 419 g/mol. The van der Waals surface area contributed by atoms with Crippen molar-refractivity contribution in [2.24, 2.45) is 0 Å². The highest BCUT2D eigenvalue weighted by Gasteiger charge is 2.35. The Morgan fingerprint density at radius 2 is 1.84 bits per heavy atom. The van der Waals surface area contributed by atoms with Crippen LogP contribution in [0.1, 0.15) is 5.56 Å². The standard InChI is InChI=1S/C23H18FN3O4/c1-31-20-11-10-14-6-2-3-7-15(14)16(20)12-19-22(29)27(23(30)26-19)13-21(28)25-18-9-5-4-8-17(18)24/h2-12H,13H2,1H3,(H,25,28)(H,26,30)/b19-12-. The molecule has 1 aliphatic rings. The Kier molecular flexibility index (Phi) is 5.36. The van der Waals surface area contributed by atoms with E-state index in [0.717, 1.165) is 15.7 Å². The number of urea groups is 1. The predicted octanol–water partition coefficient (Wildman–Crippen LogP) is 3.52. The molecule has 1 fully saturated rings. The first-order chi connectivity index (χ1) is 15.0. The van der Waals surface area contributed by atoms with Crippen molar-refractivity contribution in [1.29, 1.82) is 0 Å². The predicted molar refractivity (Wildman–Crippen MR) is 114 cm³/mol. The maximum Gasteiger partial charge on any atom is 0.329 e. The zero-order valence-corrected chi connectivity index (χ0v) is 16.5. The number of hydrogen-bond donors (Lipinski definition) is 2. The van der Waals surface area contributed by atoms with Crippen molar-refractivity contribution in [3.8, 4) is 5.75 Å². The molecule has 0 spiro atoms. The van der Waals surface area contributed by atoms with Gasteiger partial charge in [-0.15, -0.1) is 0 Å². The van der Waals surface area contributed by atoms with Gasteiger partial charge in [0.15, 0.2) is 0 Å². The molecule has 7 nitrogen and oxygen atoms in total. The fourth-order valence-electron chi connectivity index (χ4n) is 3.36. The third-order valence-electron chi connectivity index (χ3n) is 4.85. The first kappa shape index (κ1) is 20.1. The number of anilines is 1. The lowest BCUT2D eigenvalue weighted by atomic mass is 10.0. The third-order valence-corrected chi connectivity index (χ3v) is 4.85. The summed E-state index contributed by atoms with van der Waals surface area (Å²) in [6.07, 6.45) is 1.52. The Bertz CT molecular complexity index is 1240. The van der Waals surface area contributed by atoms with Crippen molar-refractivity contribution >= 4 is 40.4 Å². The van der Waals surface area contributed by atoms with Gasteiger partial charge in [-0.2, -0.15) is 0 Å². The van der Waals surface area contributed by atoms with Gasteiger partial charge in [0, 0.05) is 5.56 Å². The summed E-state index contributed by atoms with van der Waals surface area (Å²) in [7, 11) is 1.51. The molecule has 1 aliphatic heterocycles. The fraction of sp³-hybridized carbons (Fsp3) is 0.0870. The quantitative estimate of drug-likeness (QED) is 0.489. The van der Waals surface area contributed by atoms with E-state index in [9.17, 15) is 18.8 Å². The van der Waals surface area contributed by atoms with Crippen molar-refractivity contribution in [2.75, 3.05) is 19.0 Å². The van der Waals surface area contributed by atoms with Gasteiger partial charge in [0.1, 0.15) is 23.8 Å². The molecule has 0 saturated carbocycles. The molecule has 2 N–H and O–H groups in total. The van der Waals surface area contributed by atoms with E-state index in [4.69, 9.17) is 4.74 Å².